The molecule has 6 nitrogen and oxygen atoms in total. The summed E-state index contributed by atoms with van der Waals surface area (Å²) in [4.78, 5) is 24.2. The molecular weight excluding hydrogens is 524 g/mol. The zero-order chi connectivity index (χ0) is 27.3. The lowest BCUT2D eigenvalue weighted by molar-refractivity contribution is -0.141. The van der Waals surface area contributed by atoms with Gasteiger partial charge in [-0.1, -0.05) is 29.8 Å². The van der Waals surface area contributed by atoms with Gasteiger partial charge in [0.25, 0.3) is 5.91 Å². The monoisotopic (exact) mass is 544 g/mol. The van der Waals surface area contributed by atoms with Gasteiger partial charge in [0.15, 0.2) is 5.69 Å². The Kier molecular flexibility index (Phi) is 8.23. The third kappa shape index (κ3) is 6.64. The van der Waals surface area contributed by atoms with Gasteiger partial charge in [0.1, 0.15) is 12.1 Å². The number of benzene rings is 3. The van der Waals surface area contributed by atoms with E-state index in [0.717, 1.165) is 17.0 Å². The summed E-state index contributed by atoms with van der Waals surface area (Å²) in [6.45, 7) is 0.130. The molecule has 1 amide bonds. The Bertz CT molecular complexity index is 1420. The molecule has 4 rings (SSSR count). The van der Waals surface area contributed by atoms with Gasteiger partial charge in [0.05, 0.1) is 17.3 Å². The molecule has 2 N–H and O–H groups in total. The van der Waals surface area contributed by atoms with Gasteiger partial charge in [-0.3, -0.25) is 4.79 Å². The number of carbonyl (C=O) groups is 2. The predicted molar refractivity (Wildman–Crippen MR) is 135 cm³/mol. The number of rotatable bonds is 9. The van der Waals surface area contributed by atoms with E-state index in [0.29, 0.717) is 27.5 Å². The average molecular weight is 545 g/mol. The van der Waals surface area contributed by atoms with Crippen LogP contribution in [-0.2, 0) is 17.5 Å². The fourth-order valence-electron chi connectivity index (χ4n) is 3.73. The molecule has 0 bridgehead atoms. The number of aromatic nitrogens is 2. The van der Waals surface area contributed by atoms with Crippen molar-refractivity contribution in [1.82, 2.24) is 15.1 Å². The molecule has 4 aromatic rings. The lowest BCUT2D eigenvalue weighted by atomic mass is 9.99. The molecule has 11 heteroatoms. The minimum absolute atomic E-state index is 0.00189. The topological polar surface area (TPSA) is 76.0 Å². The summed E-state index contributed by atoms with van der Waals surface area (Å²) in [7, 11) is 0. The minimum atomic E-state index is -4.63. The summed E-state index contributed by atoms with van der Waals surface area (Å²) in [5.41, 5.74) is 0.936. The van der Waals surface area contributed by atoms with E-state index in [1.165, 1.54) is 30.3 Å². The molecule has 0 aliphatic carbocycles. The fourth-order valence-corrected chi connectivity index (χ4v) is 3.92. The number of amides is 1. The van der Waals surface area contributed by atoms with E-state index in [4.69, 9.17) is 11.6 Å². The van der Waals surface area contributed by atoms with Crippen LogP contribution in [0.3, 0.4) is 0 Å². The van der Waals surface area contributed by atoms with E-state index in [-0.39, 0.29) is 18.8 Å². The molecular formula is C27H21ClF4N4O2. The molecule has 1 heterocycles. The first kappa shape index (κ1) is 27.0. The highest BCUT2D eigenvalue weighted by Gasteiger charge is 2.35. The Morgan fingerprint density at radius 3 is 2.37 bits per heavy atom. The quantitative estimate of drug-likeness (QED) is 0.200. The minimum Gasteiger partial charge on any atom is -0.322 e. The third-order valence-corrected chi connectivity index (χ3v) is 5.90. The lowest BCUT2D eigenvalue weighted by Crippen LogP contribution is -2.23. The van der Waals surface area contributed by atoms with Crippen LogP contribution in [-0.4, -0.2) is 28.5 Å². The van der Waals surface area contributed by atoms with Crippen molar-refractivity contribution in [3.05, 3.63) is 112 Å². The van der Waals surface area contributed by atoms with Crippen molar-refractivity contribution in [2.45, 2.75) is 18.6 Å². The van der Waals surface area contributed by atoms with Gasteiger partial charge in [0.2, 0.25) is 0 Å². The number of carbonyl (C=O) groups excluding carboxylic acids is 2. The second kappa shape index (κ2) is 11.6. The molecule has 0 saturated heterocycles. The highest BCUT2D eigenvalue weighted by molar-refractivity contribution is 6.30. The van der Waals surface area contributed by atoms with E-state index in [1.54, 1.807) is 42.5 Å². The first-order chi connectivity index (χ1) is 18.1. The molecule has 3 aromatic carbocycles. The van der Waals surface area contributed by atoms with Gasteiger partial charge in [0, 0.05) is 29.4 Å². The number of hydrogen-bond donors (Lipinski definition) is 2. The molecule has 1 unspecified atom stereocenters. The molecule has 0 aliphatic rings. The van der Waals surface area contributed by atoms with Crippen molar-refractivity contribution in [2.24, 2.45) is 0 Å². The normalized spacial score (nSPS) is 12.2. The van der Waals surface area contributed by atoms with Crippen LogP contribution in [0.15, 0.2) is 78.9 Å². The Morgan fingerprint density at radius 1 is 1.03 bits per heavy atom. The standard InChI is InChI=1S/C27H21ClF4N4O2/c28-20-2-1-3-23(12-20)36-24(13-25(35-36)27(30,31)32)15-33-14-19(16-37)17-4-6-18(7-5-17)26(38)34-22-10-8-21(29)9-11-22/h1-13,16,19,33H,14-15H2,(H,34,38). The number of nitrogens with zero attached hydrogens (tertiary/aromatic N) is 2. The number of nitrogens with one attached hydrogen (secondary N) is 2. The highest BCUT2D eigenvalue weighted by Crippen LogP contribution is 2.30. The maximum atomic E-state index is 13.3. The summed E-state index contributed by atoms with van der Waals surface area (Å²) in [5, 5.41) is 9.71. The first-order valence-electron chi connectivity index (χ1n) is 11.4. The van der Waals surface area contributed by atoms with Gasteiger partial charge in [-0.15, -0.1) is 0 Å². The molecule has 0 fully saturated rings. The lowest BCUT2D eigenvalue weighted by Gasteiger charge is -2.14. The number of aldehydes is 1. The molecule has 0 saturated carbocycles. The predicted octanol–water partition coefficient (Wildman–Crippen LogP) is 6.01. The van der Waals surface area contributed by atoms with Gasteiger partial charge in [-0.2, -0.15) is 18.3 Å². The van der Waals surface area contributed by atoms with Crippen molar-refractivity contribution in [2.75, 3.05) is 11.9 Å². The maximum Gasteiger partial charge on any atom is 0.435 e. The van der Waals surface area contributed by atoms with Crippen LogP contribution in [0.5, 0.6) is 0 Å². The number of halogens is 5. The Labute approximate surface area is 220 Å². The third-order valence-electron chi connectivity index (χ3n) is 5.66. The van der Waals surface area contributed by atoms with E-state index in [9.17, 15) is 27.2 Å². The second-order valence-electron chi connectivity index (χ2n) is 8.37. The van der Waals surface area contributed by atoms with Crippen molar-refractivity contribution in [3.63, 3.8) is 0 Å². The zero-order valence-electron chi connectivity index (χ0n) is 19.7. The van der Waals surface area contributed by atoms with E-state index >= 15 is 0 Å². The SMILES string of the molecule is O=CC(CNCc1cc(C(F)(F)F)nn1-c1cccc(Cl)c1)c1ccc(C(=O)Nc2ccc(F)cc2)cc1. The van der Waals surface area contributed by atoms with Crippen LogP contribution in [0.4, 0.5) is 23.2 Å². The molecule has 38 heavy (non-hydrogen) atoms. The summed E-state index contributed by atoms with van der Waals surface area (Å²) in [6, 6.07) is 18.9. The van der Waals surface area contributed by atoms with E-state index in [1.807, 2.05) is 0 Å². The Hall–Kier alpha value is -4.02. The fraction of sp³-hybridized carbons (Fsp3) is 0.148. The zero-order valence-corrected chi connectivity index (χ0v) is 20.4. The summed E-state index contributed by atoms with van der Waals surface area (Å²) in [5.74, 6) is -1.44. The van der Waals surface area contributed by atoms with Crippen LogP contribution in [0.25, 0.3) is 5.69 Å². The van der Waals surface area contributed by atoms with Crippen LogP contribution in [0, 0.1) is 5.82 Å². The van der Waals surface area contributed by atoms with Crippen LogP contribution in [0.1, 0.15) is 33.2 Å². The maximum absolute atomic E-state index is 13.3. The van der Waals surface area contributed by atoms with E-state index < -0.39 is 29.5 Å². The number of hydrogen-bond acceptors (Lipinski definition) is 4. The molecule has 0 aliphatic heterocycles. The van der Waals surface area contributed by atoms with Crippen molar-refractivity contribution in [3.8, 4) is 5.69 Å². The van der Waals surface area contributed by atoms with Crippen molar-refractivity contribution < 1.29 is 27.2 Å². The Balaban J connectivity index is 1.42. The van der Waals surface area contributed by atoms with Crippen LogP contribution in [0.2, 0.25) is 5.02 Å². The van der Waals surface area contributed by atoms with Gasteiger partial charge in [-0.25, -0.2) is 9.07 Å². The first-order valence-corrected chi connectivity index (χ1v) is 11.8. The number of anilines is 1. The second-order valence-corrected chi connectivity index (χ2v) is 8.80. The molecule has 1 atom stereocenters. The van der Waals surface area contributed by atoms with E-state index in [2.05, 4.69) is 15.7 Å². The molecule has 1 aromatic heterocycles. The van der Waals surface area contributed by atoms with Crippen molar-refractivity contribution in [1.29, 1.82) is 0 Å². The molecule has 0 spiro atoms. The molecule has 0 radical (unpaired) electrons. The smallest absolute Gasteiger partial charge is 0.322 e. The number of alkyl halides is 3. The Morgan fingerprint density at radius 2 is 1.74 bits per heavy atom. The van der Waals surface area contributed by atoms with Gasteiger partial charge in [-0.05, 0) is 66.2 Å². The van der Waals surface area contributed by atoms with Crippen LogP contribution >= 0.6 is 11.6 Å². The van der Waals surface area contributed by atoms with Crippen molar-refractivity contribution >= 4 is 29.5 Å². The molecule has 196 valence electrons. The van der Waals surface area contributed by atoms with Crippen LogP contribution < -0.4 is 10.6 Å². The highest BCUT2D eigenvalue weighted by atomic mass is 35.5. The summed E-state index contributed by atoms with van der Waals surface area (Å²) < 4.78 is 54.2. The summed E-state index contributed by atoms with van der Waals surface area (Å²) >= 11 is 6.00. The summed E-state index contributed by atoms with van der Waals surface area (Å²) in [6.07, 6.45) is -3.91. The van der Waals surface area contributed by atoms with Gasteiger partial charge < -0.3 is 15.4 Å². The van der Waals surface area contributed by atoms with Gasteiger partial charge >= 0.3 is 6.18 Å². The average Bonchev–Trinajstić information content (AvgIpc) is 3.33. The largest absolute Gasteiger partial charge is 0.435 e.